The lowest BCUT2D eigenvalue weighted by Crippen LogP contribution is -2.45. The molecule has 1 fully saturated rings. The van der Waals surface area contributed by atoms with Crippen molar-refractivity contribution in [2.45, 2.75) is 37.3 Å². The molecule has 28 heavy (non-hydrogen) atoms. The van der Waals surface area contributed by atoms with E-state index in [0.29, 0.717) is 6.61 Å². The minimum absolute atomic E-state index is 0.0289. The molecule has 2 N–H and O–H groups in total. The summed E-state index contributed by atoms with van der Waals surface area (Å²) in [5.41, 5.74) is 4.60. The Kier molecular flexibility index (Phi) is 5.30. The van der Waals surface area contributed by atoms with Crippen LogP contribution < -0.4 is 5.32 Å². The van der Waals surface area contributed by atoms with Crippen molar-refractivity contribution in [1.82, 2.24) is 5.32 Å². The molecule has 146 valence electrons. The van der Waals surface area contributed by atoms with Crippen LogP contribution in [0, 0.1) is 0 Å². The molecule has 6 nitrogen and oxygen atoms in total. The van der Waals surface area contributed by atoms with Gasteiger partial charge in [0, 0.05) is 12.5 Å². The summed E-state index contributed by atoms with van der Waals surface area (Å²) in [5.74, 6) is -1.00. The molecular formula is C22H23NO5. The first kappa shape index (κ1) is 18.5. The number of nitrogens with one attached hydrogen (secondary N) is 1. The number of carbonyl (C=O) groups is 2. The van der Waals surface area contributed by atoms with Crippen molar-refractivity contribution >= 4 is 12.1 Å². The number of amides is 1. The zero-order valence-electron chi connectivity index (χ0n) is 15.5. The van der Waals surface area contributed by atoms with Crippen molar-refractivity contribution in [2.24, 2.45) is 0 Å². The van der Waals surface area contributed by atoms with Gasteiger partial charge in [-0.05, 0) is 35.1 Å². The van der Waals surface area contributed by atoms with Crippen LogP contribution in [-0.2, 0) is 14.3 Å². The molecular weight excluding hydrogens is 358 g/mol. The molecule has 0 bridgehead atoms. The van der Waals surface area contributed by atoms with E-state index in [1.165, 1.54) is 0 Å². The average molecular weight is 381 g/mol. The number of ether oxygens (including phenoxy) is 2. The highest BCUT2D eigenvalue weighted by Gasteiger charge is 2.32. The van der Waals surface area contributed by atoms with Crippen LogP contribution in [0.4, 0.5) is 4.79 Å². The Bertz CT molecular complexity index is 829. The van der Waals surface area contributed by atoms with Gasteiger partial charge >= 0.3 is 12.1 Å². The summed E-state index contributed by atoms with van der Waals surface area (Å²) >= 11 is 0. The van der Waals surface area contributed by atoms with Gasteiger partial charge in [-0.1, -0.05) is 48.5 Å². The predicted octanol–water partition coefficient (Wildman–Crippen LogP) is 3.55. The summed E-state index contributed by atoms with van der Waals surface area (Å²) in [6.45, 7) is 0.790. The first-order valence-corrected chi connectivity index (χ1v) is 9.58. The molecule has 1 aliphatic heterocycles. The van der Waals surface area contributed by atoms with Crippen LogP contribution in [0.3, 0.4) is 0 Å². The normalized spacial score (nSPS) is 18.9. The lowest BCUT2D eigenvalue weighted by Gasteiger charge is -2.23. The third kappa shape index (κ3) is 3.73. The van der Waals surface area contributed by atoms with Crippen molar-refractivity contribution < 1.29 is 24.2 Å². The highest BCUT2D eigenvalue weighted by atomic mass is 16.5. The van der Waals surface area contributed by atoms with E-state index >= 15 is 0 Å². The van der Waals surface area contributed by atoms with Gasteiger partial charge in [0.1, 0.15) is 6.61 Å². The van der Waals surface area contributed by atoms with E-state index < -0.39 is 18.1 Å². The van der Waals surface area contributed by atoms with Crippen LogP contribution in [0.25, 0.3) is 11.1 Å². The second kappa shape index (κ2) is 8.02. The van der Waals surface area contributed by atoms with Gasteiger partial charge in [-0.15, -0.1) is 0 Å². The first-order valence-electron chi connectivity index (χ1n) is 9.58. The molecule has 1 amide bonds. The Morgan fingerprint density at radius 2 is 1.75 bits per heavy atom. The molecule has 2 atom stereocenters. The number of carboxylic acids is 1. The maximum Gasteiger partial charge on any atom is 0.407 e. The van der Waals surface area contributed by atoms with Gasteiger partial charge in [0.15, 0.2) is 0 Å². The Hall–Kier alpha value is -2.86. The minimum atomic E-state index is -0.973. The minimum Gasteiger partial charge on any atom is -0.481 e. The van der Waals surface area contributed by atoms with E-state index in [0.717, 1.165) is 35.1 Å². The largest absolute Gasteiger partial charge is 0.481 e. The standard InChI is InChI=1S/C22H23NO5/c24-21(25)12-19(20-10-5-11-27-20)23-22(26)28-13-18-16-8-3-1-6-14(16)15-7-2-4-9-17(15)18/h1-4,6-9,18-20H,5,10-13H2,(H,23,26)(H,24,25)/t19-,20+/m0/s1. The predicted molar refractivity (Wildman–Crippen MR) is 103 cm³/mol. The molecule has 4 rings (SSSR count). The Balaban J connectivity index is 1.44. The summed E-state index contributed by atoms with van der Waals surface area (Å²) in [6, 6.07) is 15.7. The Morgan fingerprint density at radius 3 is 2.32 bits per heavy atom. The highest BCUT2D eigenvalue weighted by Crippen LogP contribution is 2.44. The third-order valence-electron chi connectivity index (χ3n) is 5.46. The fourth-order valence-electron chi connectivity index (χ4n) is 4.17. The van der Waals surface area contributed by atoms with Crippen molar-refractivity contribution in [1.29, 1.82) is 0 Å². The average Bonchev–Trinajstić information content (AvgIpc) is 3.32. The van der Waals surface area contributed by atoms with E-state index in [1.54, 1.807) is 0 Å². The van der Waals surface area contributed by atoms with Gasteiger partial charge < -0.3 is 19.9 Å². The number of hydrogen-bond donors (Lipinski definition) is 2. The summed E-state index contributed by atoms with van der Waals surface area (Å²) in [4.78, 5) is 23.5. The van der Waals surface area contributed by atoms with E-state index in [4.69, 9.17) is 14.6 Å². The van der Waals surface area contributed by atoms with Gasteiger partial charge in [0.05, 0.1) is 18.6 Å². The quantitative estimate of drug-likeness (QED) is 0.799. The lowest BCUT2D eigenvalue weighted by atomic mass is 9.98. The van der Waals surface area contributed by atoms with E-state index in [-0.39, 0.29) is 25.0 Å². The van der Waals surface area contributed by atoms with Crippen LogP contribution >= 0.6 is 0 Å². The molecule has 0 spiro atoms. The van der Waals surface area contributed by atoms with Gasteiger partial charge in [0.25, 0.3) is 0 Å². The SMILES string of the molecule is O=C(O)C[C@H](NC(=O)OCC1c2ccccc2-c2ccccc21)[C@H]1CCCO1. The van der Waals surface area contributed by atoms with Crippen molar-refractivity contribution in [3.05, 3.63) is 59.7 Å². The highest BCUT2D eigenvalue weighted by molar-refractivity contribution is 5.79. The number of hydrogen-bond acceptors (Lipinski definition) is 4. The van der Waals surface area contributed by atoms with Gasteiger partial charge in [-0.25, -0.2) is 4.79 Å². The Labute approximate surface area is 163 Å². The lowest BCUT2D eigenvalue weighted by molar-refractivity contribution is -0.138. The fourth-order valence-corrected chi connectivity index (χ4v) is 4.17. The topological polar surface area (TPSA) is 84.9 Å². The molecule has 0 aromatic heterocycles. The maximum absolute atomic E-state index is 12.4. The number of carbonyl (C=O) groups excluding carboxylic acids is 1. The molecule has 2 aliphatic rings. The van der Waals surface area contributed by atoms with Gasteiger partial charge in [0.2, 0.25) is 0 Å². The smallest absolute Gasteiger partial charge is 0.407 e. The maximum atomic E-state index is 12.4. The number of benzene rings is 2. The van der Waals surface area contributed by atoms with Crippen molar-refractivity contribution in [3.63, 3.8) is 0 Å². The summed E-state index contributed by atoms with van der Waals surface area (Å²) in [5, 5.41) is 11.8. The first-order chi connectivity index (χ1) is 13.6. The van der Waals surface area contributed by atoms with E-state index in [1.807, 2.05) is 24.3 Å². The van der Waals surface area contributed by atoms with Crippen molar-refractivity contribution in [3.8, 4) is 11.1 Å². The Morgan fingerprint density at radius 1 is 1.11 bits per heavy atom. The molecule has 6 heteroatoms. The summed E-state index contributed by atoms with van der Waals surface area (Å²) in [7, 11) is 0. The summed E-state index contributed by atoms with van der Waals surface area (Å²) < 4.78 is 11.1. The van der Waals surface area contributed by atoms with Crippen LogP contribution in [0.5, 0.6) is 0 Å². The number of rotatable bonds is 6. The molecule has 2 aromatic rings. The second-order valence-electron chi connectivity index (χ2n) is 7.23. The van der Waals surface area contributed by atoms with E-state index in [2.05, 4.69) is 29.6 Å². The summed E-state index contributed by atoms with van der Waals surface area (Å²) in [6.07, 6.45) is 0.532. The third-order valence-corrected chi connectivity index (χ3v) is 5.46. The van der Waals surface area contributed by atoms with Crippen LogP contribution in [0.2, 0.25) is 0 Å². The number of fused-ring (bicyclic) bond motifs is 3. The number of aliphatic carboxylic acids is 1. The molecule has 0 saturated carbocycles. The molecule has 0 radical (unpaired) electrons. The zero-order valence-corrected chi connectivity index (χ0v) is 15.5. The number of carboxylic acid groups (broad SMARTS) is 1. The molecule has 2 aromatic carbocycles. The molecule has 1 saturated heterocycles. The molecule has 1 heterocycles. The van der Waals surface area contributed by atoms with Gasteiger partial charge in [-0.3, -0.25) is 4.79 Å². The van der Waals surface area contributed by atoms with Gasteiger partial charge in [-0.2, -0.15) is 0 Å². The van der Waals surface area contributed by atoms with E-state index in [9.17, 15) is 9.59 Å². The van der Waals surface area contributed by atoms with Crippen LogP contribution in [0.1, 0.15) is 36.3 Å². The van der Waals surface area contributed by atoms with Crippen LogP contribution in [0.15, 0.2) is 48.5 Å². The monoisotopic (exact) mass is 381 g/mol. The van der Waals surface area contributed by atoms with Crippen molar-refractivity contribution in [2.75, 3.05) is 13.2 Å². The van der Waals surface area contributed by atoms with Crippen LogP contribution in [-0.4, -0.2) is 42.5 Å². The fraction of sp³-hybridized carbons (Fsp3) is 0.364. The number of alkyl carbamates (subject to hydrolysis) is 1. The molecule has 1 aliphatic carbocycles. The molecule has 0 unspecified atom stereocenters. The zero-order chi connectivity index (χ0) is 19.5. The second-order valence-corrected chi connectivity index (χ2v) is 7.23.